The van der Waals surface area contributed by atoms with Crippen molar-refractivity contribution in [1.29, 1.82) is 0 Å². The van der Waals surface area contributed by atoms with E-state index in [0.29, 0.717) is 19.3 Å². The second-order valence-electron chi connectivity index (χ2n) is 6.64. The van der Waals surface area contributed by atoms with E-state index in [4.69, 9.17) is 4.84 Å². The Morgan fingerprint density at radius 2 is 2.04 bits per heavy atom. The highest BCUT2D eigenvalue weighted by molar-refractivity contribution is 6.43. The average Bonchev–Trinajstić information content (AvgIpc) is 3.00. The van der Waals surface area contributed by atoms with E-state index >= 15 is 0 Å². The summed E-state index contributed by atoms with van der Waals surface area (Å²) in [6, 6.07) is 9.57. The van der Waals surface area contributed by atoms with Gasteiger partial charge in [0.15, 0.2) is 0 Å². The van der Waals surface area contributed by atoms with Crippen LogP contribution in [0, 0.1) is 5.92 Å². The van der Waals surface area contributed by atoms with E-state index in [1.165, 1.54) is 0 Å². The minimum absolute atomic E-state index is 0.218. The second-order valence-corrected chi connectivity index (χ2v) is 6.64. The number of nitrogens with one attached hydrogen (secondary N) is 1. The van der Waals surface area contributed by atoms with E-state index in [-0.39, 0.29) is 11.8 Å². The molecule has 0 bridgehead atoms. The molecular formula is C17H25BN2O4. The molecule has 1 aliphatic rings. The average molecular weight is 332 g/mol. The van der Waals surface area contributed by atoms with Gasteiger partial charge in [-0.25, -0.2) is 0 Å². The number of benzene rings is 1. The number of carbonyl (C=O) groups excluding carboxylic acids is 1. The summed E-state index contributed by atoms with van der Waals surface area (Å²) in [7, 11) is -1.61. The fourth-order valence-corrected chi connectivity index (χ4v) is 2.80. The first-order valence-electron chi connectivity index (χ1n) is 8.35. The Labute approximate surface area is 143 Å². The van der Waals surface area contributed by atoms with Gasteiger partial charge >= 0.3 is 7.12 Å². The molecule has 1 aliphatic heterocycles. The summed E-state index contributed by atoms with van der Waals surface area (Å²) in [6.07, 6.45) is 1.26. The number of nitrogens with zero attached hydrogens (tertiary/aromatic N) is 1. The molecule has 2 unspecified atom stereocenters. The predicted molar refractivity (Wildman–Crippen MR) is 93.3 cm³/mol. The molecule has 0 aliphatic carbocycles. The SMILES string of the molecule is CCC1(C(=O)NC(CC(C)C)B(O)O)CC(c2ccccc2)=NO1. The van der Waals surface area contributed by atoms with Crippen molar-refractivity contribution >= 4 is 18.7 Å². The van der Waals surface area contributed by atoms with Crippen LogP contribution >= 0.6 is 0 Å². The Morgan fingerprint density at radius 3 is 2.58 bits per heavy atom. The number of rotatable bonds is 7. The van der Waals surface area contributed by atoms with Gasteiger partial charge in [-0.3, -0.25) is 4.79 Å². The molecular weight excluding hydrogens is 307 g/mol. The van der Waals surface area contributed by atoms with Crippen molar-refractivity contribution in [2.24, 2.45) is 11.1 Å². The maximum atomic E-state index is 12.7. The van der Waals surface area contributed by atoms with Crippen molar-refractivity contribution in [3.05, 3.63) is 35.9 Å². The molecule has 0 radical (unpaired) electrons. The van der Waals surface area contributed by atoms with Crippen LogP contribution < -0.4 is 5.32 Å². The number of hydrogen-bond donors (Lipinski definition) is 3. The third-order valence-electron chi connectivity index (χ3n) is 4.28. The molecule has 2 rings (SSSR count). The van der Waals surface area contributed by atoms with Gasteiger partial charge < -0.3 is 20.2 Å². The lowest BCUT2D eigenvalue weighted by Crippen LogP contribution is -2.55. The summed E-state index contributed by atoms with van der Waals surface area (Å²) in [5.74, 6) is -0.876. The van der Waals surface area contributed by atoms with Crippen molar-refractivity contribution in [3.8, 4) is 0 Å². The van der Waals surface area contributed by atoms with E-state index in [9.17, 15) is 14.8 Å². The Bertz CT molecular complexity index is 592. The van der Waals surface area contributed by atoms with Gasteiger partial charge in [0.25, 0.3) is 5.91 Å². The zero-order chi connectivity index (χ0) is 17.7. The highest BCUT2D eigenvalue weighted by Gasteiger charge is 2.46. The Hall–Kier alpha value is -1.86. The van der Waals surface area contributed by atoms with Crippen molar-refractivity contribution in [2.45, 2.75) is 51.6 Å². The number of carbonyl (C=O) groups is 1. The lowest BCUT2D eigenvalue weighted by Gasteiger charge is -2.27. The van der Waals surface area contributed by atoms with Gasteiger partial charge in [-0.2, -0.15) is 0 Å². The molecule has 0 spiro atoms. The van der Waals surface area contributed by atoms with E-state index in [1.54, 1.807) is 0 Å². The van der Waals surface area contributed by atoms with Gasteiger partial charge in [-0.05, 0) is 24.3 Å². The second kappa shape index (κ2) is 7.81. The van der Waals surface area contributed by atoms with Gasteiger partial charge in [0.05, 0.1) is 11.7 Å². The summed E-state index contributed by atoms with van der Waals surface area (Å²) in [6.45, 7) is 5.77. The molecule has 0 fully saturated rings. The van der Waals surface area contributed by atoms with E-state index in [2.05, 4.69) is 10.5 Å². The fourth-order valence-electron chi connectivity index (χ4n) is 2.80. The van der Waals surface area contributed by atoms with Crippen LogP contribution in [0.5, 0.6) is 0 Å². The summed E-state index contributed by atoms with van der Waals surface area (Å²) in [5, 5.41) is 25.8. The fraction of sp³-hybridized carbons (Fsp3) is 0.529. The molecule has 0 aromatic heterocycles. The normalized spacial score (nSPS) is 21.2. The summed E-state index contributed by atoms with van der Waals surface area (Å²) in [5.41, 5.74) is 0.536. The zero-order valence-electron chi connectivity index (χ0n) is 14.4. The number of oxime groups is 1. The van der Waals surface area contributed by atoms with Crippen LogP contribution in [0.3, 0.4) is 0 Å². The maximum Gasteiger partial charge on any atom is 0.475 e. The molecule has 0 saturated heterocycles. The van der Waals surface area contributed by atoms with Crippen LogP contribution in [-0.2, 0) is 9.63 Å². The first-order valence-corrected chi connectivity index (χ1v) is 8.35. The van der Waals surface area contributed by atoms with Crippen molar-refractivity contribution in [3.63, 3.8) is 0 Å². The number of amides is 1. The summed E-state index contributed by atoms with van der Waals surface area (Å²) >= 11 is 0. The molecule has 3 N–H and O–H groups in total. The van der Waals surface area contributed by atoms with Crippen LogP contribution in [0.1, 0.15) is 45.6 Å². The molecule has 2 atom stereocenters. The minimum atomic E-state index is -1.61. The van der Waals surface area contributed by atoms with Gasteiger partial charge in [0, 0.05) is 6.42 Å². The van der Waals surface area contributed by atoms with Gasteiger partial charge in [0.2, 0.25) is 5.60 Å². The van der Waals surface area contributed by atoms with Gasteiger partial charge in [0.1, 0.15) is 0 Å². The molecule has 1 heterocycles. The smallest absolute Gasteiger partial charge is 0.426 e. The Morgan fingerprint density at radius 1 is 1.38 bits per heavy atom. The molecule has 6 nitrogen and oxygen atoms in total. The van der Waals surface area contributed by atoms with Gasteiger partial charge in [-0.15, -0.1) is 0 Å². The monoisotopic (exact) mass is 332 g/mol. The van der Waals surface area contributed by atoms with Crippen molar-refractivity contribution in [1.82, 2.24) is 5.32 Å². The molecule has 7 heteroatoms. The quantitative estimate of drug-likeness (QED) is 0.660. The van der Waals surface area contributed by atoms with E-state index < -0.39 is 18.7 Å². The third-order valence-corrected chi connectivity index (χ3v) is 4.28. The van der Waals surface area contributed by atoms with E-state index in [1.807, 2.05) is 51.1 Å². The molecule has 1 aromatic rings. The highest BCUT2D eigenvalue weighted by atomic mass is 16.7. The lowest BCUT2D eigenvalue weighted by atomic mass is 9.74. The topological polar surface area (TPSA) is 91.2 Å². The molecule has 0 saturated carbocycles. The minimum Gasteiger partial charge on any atom is -0.426 e. The van der Waals surface area contributed by atoms with Crippen LogP contribution in [0.2, 0.25) is 0 Å². The van der Waals surface area contributed by atoms with Crippen LogP contribution in [0.15, 0.2) is 35.5 Å². The van der Waals surface area contributed by atoms with E-state index in [0.717, 1.165) is 11.3 Å². The maximum absolute atomic E-state index is 12.7. The lowest BCUT2D eigenvalue weighted by molar-refractivity contribution is -0.144. The first-order chi connectivity index (χ1) is 11.4. The molecule has 130 valence electrons. The zero-order valence-corrected chi connectivity index (χ0v) is 14.4. The van der Waals surface area contributed by atoms with Crippen LogP contribution in [-0.4, -0.2) is 40.3 Å². The highest BCUT2D eigenvalue weighted by Crippen LogP contribution is 2.30. The predicted octanol–water partition coefficient (Wildman–Crippen LogP) is 1.50. The van der Waals surface area contributed by atoms with Crippen molar-refractivity contribution in [2.75, 3.05) is 0 Å². The Kier molecular flexibility index (Phi) is 6.02. The molecule has 1 amide bonds. The van der Waals surface area contributed by atoms with Crippen LogP contribution in [0.25, 0.3) is 0 Å². The van der Waals surface area contributed by atoms with Gasteiger partial charge in [-0.1, -0.05) is 56.3 Å². The standard InChI is InChI=1S/C17H25BN2O4/c1-4-17(16(21)19-15(18(22)23)10-12(2)3)11-14(20-24-17)13-8-6-5-7-9-13/h5-9,12,15,22-23H,4,10-11H2,1-3H3,(H,19,21). The summed E-state index contributed by atoms with van der Waals surface area (Å²) in [4.78, 5) is 18.3. The molecule has 24 heavy (non-hydrogen) atoms. The summed E-state index contributed by atoms with van der Waals surface area (Å²) < 4.78 is 0. The Balaban J connectivity index is 2.09. The largest absolute Gasteiger partial charge is 0.475 e. The molecule has 1 aromatic carbocycles. The van der Waals surface area contributed by atoms with Crippen LogP contribution in [0.4, 0.5) is 0 Å². The third kappa shape index (κ3) is 4.16. The number of hydrogen-bond acceptors (Lipinski definition) is 5. The first kappa shape index (κ1) is 18.5. The van der Waals surface area contributed by atoms with Crippen molar-refractivity contribution < 1.29 is 19.7 Å².